The fourth-order valence-corrected chi connectivity index (χ4v) is 8.08. The van der Waals surface area contributed by atoms with Gasteiger partial charge in [-0.1, -0.05) is 67.3 Å². The number of sulfonamides is 1. The van der Waals surface area contributed by atoms with Crippen LogP contribution in [0.25, 0.3) is 11.1 Å². The van der Waals surface area contributed by atoms with Crippen molar-refractivity contribution in [2.75, 3.05) is 26.2 Å². The Bertz CT molecular complexity index is 1580. The third-order valence-electron chi connectivity index (χ3n) is 9.40. The van der Waals surface area contributed by atoms with E-state index in [1.54, 1.807) is 24.3 Å². The van der Waals surface area contributed by atoms with Gasteiger partial charge in [0.2, 0.25) is 15.9 Å². The molecule has 2 heterocycles. The number of hydrogen-bond donors (Lipinski definition) is 2. The fourth-order valence-electron chi connectivity index (χ4n) is 6.77. The van der Waals surface area contributed by atoms with E-state index in [2.05, 4.69) is 10.0 Å². The molecule has 240 valence electrons. The molecule has 11 heteroatoms. The lowest BCUT2D eigenvalue weighted by Gasteiger charge is -2.33. The van der Waals surface area contributed by atoms with Crippen molar-refractivity contribution in [2.45, 2.75) is 61.4 Å². The second kappa shape index (κ2) is 13.4. The number of benzene rings is 3. The number of nitrogens with one attached hydrogen (secondary N) is 2. The third-order valence-corrected chi connectivity index (χ3v) is 11.1. The molecule has 2 N–H and O–H groups in total. The highest BCUT2D eigenvalue weighted by atomic mass is 35.5. The summed E-state index contributed by atoms with van der Waals surface area (Å²) in [4.78, 5) is 15.1. The van der Waals surface area contributed by atoms with Crippen LogP contribution in [0.1, 0.15) is 44.1 Å². The molecular weight excluding hydrogens is 620 g/mol. The van der Waals surface area contributed by atoms with Crippen molar-refractivity contribution in [3.8, 4) is 16.9 Å². The van der Waals surface area contributed by atoms with Crippen LogP contribution >= 0.6 is 11.6 Å². The van der Waals surface area contributed by atoms with E-state index >= 15 is 8.78 Å². The largest absolute Gasteiger partial charge is 0.493 e. The number of rotatable bonds is 10. The van der Waals surface area contributed by atoms with Gasteiger partial charge in [0.15, 0.2) is 6.04 Å². The lowest BCUT2D eigenvalue weighted by molar-refractivity contribution is -0.145. The molecule has 7 nitrogen and oxygen atoms in total. The summed E-state index contributed by atoms with van der Waals surface area (Å²) in [6, 6.07) is 15.6. The van der Waals surface area contributed by atoms with Gasteiger partial charge >= 0.3 is 0 Å². The zero-order chi connectivity index (χ0) is 31.6. The van der Waals surface area contributed by atoms with Crippen molar-refractivity contribution < 1.29 is 26.7 Å². The van der Waals surface area contributed by atoms with Crippen molar-refractivity contribution in [1.29, 1.82) is 0 Å². The first-order valence-corrected chi connectivity index (χ1v) is 17.5. The van der Waals surface area contributed by atoms with Crippen molar-refractivity contribution >= 4 is 27.5 Å². The van der Waals surface area contributed by atoms with Crippen LogP contribution in [0.4, 0.5) is 8.78 Å². The molecule has 0 radical (unpaired) electrons. The summed E-state index contributed by atoms with van der Waals surface area (Å²) in [5, 5.41) is 3.77. The predicted octanol–water partition coefficient (Wildman–Crippen LogP) is 6.23. The predicted molar refractivity (Wildman–Crippen MR) is 170 cm³/mol. The van der Waals surface area contributed by atoms with Crippen LogP contribution < -0.4 is 14.8 Å². The Labute approximate surface area is 268 Å². The Morgan fingerprint density at radius 2 is 1.58 bits per heavy atom. The molecule has 2 saturated heterocycles. The number of halogens is 3. The number of fused-ring (bicyclic) bond motifs is 1. The normalized spacial score (nSPS) is 21.4. The number of hydrogen-bond acceptors (Lipinski definition) is 5. The second-order valence-electron chi connectivity index (χ2n) is 12.4. The lowest BCUT2D eigenvalue weighted by atomic mass is 9.90. The maximum atomic E-state index is 16.4. The molecule has 45 heavy (non-hydrogen) atoms. The van der Waals surface area contributed by atoms with Gasteiger partial charge in [0.1, 0.15) is 5.75 Å². The Hall–Kier alpha value is -3.05. The van der Waals surface area contributed by atoms with Gasteiger partial charge in [-0.25, -0.2) is 8.42 Å². The number of amides is 1. The Morgan fingerprint density at radius 1 is 0.933 bits per heavy atom. The first kappa shape index (κ1) is 31.9. The van der Waals surface area contributed by atoms with Gasteiger partial charge in [0, 0.05) is 36.3 Å². The first-order valence-electron chi connectivity index (χ1n) is 15.6. The van der Waals surface area contributed by atoms with Crippen LogP contribution in [-0.2, 0) is 20.7 Å². The average molecular weight is 658 g/mol. The Morgan fingerprint density at radius 3 is 2.24 bits per heavy atom. The molecular formula is C34H38ClF2N3O4S. The minimum absolute atomic E-state index is 0.152. The molecule has 1 amide bonds. The van der Waals surface area contributed by atoms with Crippen LogP contribution in [0, 0.1) is 11.8 Å². The Balaban J connectivity index is 1.24. The highest BCUT2D eigenvalue weighted by Gasteiger charge is 2.52. The topological polar surface area (TPSA) is 87.7 Å². The number of alkyl halides is 2. The molecule has 0 unspecified atom stereocenters. The standard InChI is InChI=1S/C34H38ClF2N3O4S/c35-28-12-8-25(9-13-28)24-6-10-27(11-7-24)34(36,37)32(33(41)40-19-18-26-20-38-21-31(26)40)39-45(42,43)30-16-14-29(15-17-30)44-22-23-4-2-1-3-5-23/h6-17,23,26,31-32,38-39H,1-5,18-22H2/t26-,31+,32-/m0/s1. The maximum Gasteiger partial charge on any atom is 0.298 e. The smallest absolute Gasteiger partial charge is 0.298 e. The van der Waals surface area contributed by atoms with Crippen molar-refractivity contribution in [1.82, 2.24) is 14.9 Å². The molecule has 3 atom stereocenters. The van der Waals surface area contributed by atoms with Gasteiger partial charge < -0.3 is 15.0 Å². The van der Waals surface area contributed by atoms with E-state index in [4.69, 9.17) is 16.3 Å². The van der Waals surface area contributed by atoms with Crippen LogP contribution in [-0.4, -0.2) is 57.5 Å². The number of ether oxygens (including phenoxy) is 1. The number of nitrogens with zero attached hydrogens (tertiary/aromatic N) is 1. The van der Waals surface area contributed by atoms with Crippen LogP contribution in [0.15, 0.2) is 77.7 Å². The van der Waals surface area contributed by atoms with Crippen molar-refractivity contribution in [3.63, 3.8) is 0 Å². The van der Waals surface area contributed by atoms with Crippen LogP contribution in [0.3, 0.4) is 0 Å². The summed E-state index contributed by atoms with van der Waals surface area (Å²) < 4.78 is 68.0. The third kappa shape index (κ3) is 7.04. The van der Waals surface area contributed by atoms with Gasteiger partial charge in [0.25, 0.3) is 5.92 Å². The minimum Gasteiger partial charge on any atom is -0.493 e. The maximum absolute atomic E-state index is 16.4. The molecule has 3 aromatic carbocycles. The first-order chi connectivity index (χ1) is 21.6. The highest BCUT2D eigenvalue weighted by molar-refractivity contribution is 7.89. The summed E-state index contributed by atoms with van der Waals surface area (Å²) in [5.74, 6) is -3.65. The van der Waals surface area contributed by atoms with Gasteiger partial charge in [-0.2, -0.15) is 13.5 Å². The molecule has 0 aromatic heterocycles. The number of carbonyl (C=O) groups excluding carboxylic acids is 1. The van der Waals surface area contributed by atoms with E-state index in [9.17, 15) is 13.2 Å². The van der Waals surface area contributed by atoms with Gasteiger partial charge in [-0.15, -0.1) is 0 Å². The monoisotopic (exact) mass is 657 g/mol. The zero-order valence-corrected chi connectivity index (χ0v) is 26.5. The summed E-state index contributed by atoms with van der Waals surface area (Å²) in [6.45, 7) is 2.03. The van der Waals surface area contributed by atoms with E-state index in [1.165, 1.54) is 72.7 Å². The van der Waals surface area contributed by atoms with Crippen molar-refractivity contribution in [2.24, 2.45) is 11.8 Å². The van der Waals surface area contributed by atoms with Gasteiger partial charge in [0.05, 0.1) is 11.5 Å². The molecule has 0 spiro atoms. The molecule has 3 fully saturated rings. The van der Waals surface area contributed by atoms with Gasteiger partial charge in [-0.05, 0) is 78.6 Å². The molecule has 0 bridgehead atoms. The minimum atomic E-state index is -4.52. The lowest BCUT2D eigenvalue weighted by Crippen LogP contribution is -2.57. The summed E-state index contributed by atoms with van der Waals surface area (Å²) in [7, 11) is -4.52. The molecule has 1 aliphatic carbocycles. The van der Waals surface area contributed by atoms with E-state index in [0.29, 0.717) is 54.9 Å². The number of likely N-dealkylation sites (tertiary alicyclic amines) is 1. The molecule has 6 rings (SSSR count). The summed E-state index contributed by atoms with van der Waals surface area (Å²) in [6.07, 6.45) is 6.50. The quantitative estimate of drug-likeness (QED) is 0.270. The number of carbonyl (C=O) groups is 1. The SMILES string of the molecule is O=C([C@H](NS(=O)(=O)c1ccc(OCC2CCCCC2)cc1)C(F)(F)c1ccc(-c2ccc(Cl)cc2)cc1)N1CC[C@H]2CNC[C@H]21. The van der Waals surface area contributed by atoms with Crippen LogP contribution in [0.2, 0.25) is 5.02 Å². The fraction of sp³-hybridized carbons (Fsp3) is 0.441. The molecule has 2 aliphatic heterocycles. The van der Waals surface area contributed by atoms with Crippen LogP contribution in [0.5, 0.6) is 5.75 Å². The average Bonchev–Trinajstić information content (AvgIpc) is 3.68. The second-order valence-corrected chi connectivity index (χ2v) is 14.5. The summed E-state index contributed by atoms with van der Waals surface area (Å²) >= 11 is 5.98. The van der Waals surface area contributed by atoms with E-state index in [-0.39, 0.29) is 16.9 Å². The van der Waals surface area contributed by atoms with Gasteiger partial charge in [-0.3, -0.25) is 4.79 Å². The molecule has 3 aliphatic rings. The van der Waals surface area contributed by atoms with E-state index in [0.717, 1.165) is 18.4 Å². The Kier molecular flexibility index (Phi) is 9.47. The van der Waals surface area contributed by atoms with E-state index in [1.807, 2.05) is 0 Å². The zero-order valence-electron chi connectivity index (χ0n) is 24.9. The van der Waals surface area contributed by atoms with Crippen molar-refractivity contribution in [3.05, 3.63) is 83.4 Å². The summed E-state index contributed by atoms with van der Waals surface area (Å²) in [5.41, 5.74) is 0.999. The molecule has 3 aromatic rings. The molecule has 1 saturated carbocycles. The van der Waals surface area contributed by atoms with E-state index < -0.39 is 33.5 Å². The highest BCUT2D eigenvalue weighted by Crippen LogP contribution is 2.37.